The number of carbonyl (C=O) groups excluding carboxylic acids is 1. The van der Waals surface area contributed by atoms with Crippen LogP contribution in [0.15, 0.2) is 65.1 Å². The van der Waals surface area contributed by atoms with E-state index in [9.17, 15) is 18.0 Å². The van der Waals surface area contributed by atoms with Gasteiger partial charge in [0.2, 0.25) is 0 Å². The molecule has 0 bridgehead atoms. The number of ether oxygens (including phenoxy) is 2. The summed E-state index contributed by atoms with van der Waals surface area (Å²) in [7, 11) is 0. The van der Waals surface area contributed by atoms with E-state index >= 15 is 0 Å². The fourth-order valence-electron chi connectivity index (χ4n) is 3.46. The fourth-order valence-corrected chi connectivity index (χ4v) is 4.42. The molecule has 4 rings (SSSR count). The number of benzene rings is 2. The largest absolute Gasteiger partial charge is 0.488 e. The van der Waals surface area contributed by atoms with Gasteiger partial charge in [0.1, 0.15) is 28.6 Å². The lowest BCUT2D eigenvalue weighted by Crippen LogP contribution is -2.04. The lowest BCUT2D eigenvalue weighted by molar-refractivity contribution is -0.143. The molecule has 2 heterocycles. The average molecular weight is 475 g/mol. The minimum absolute atomic E-state index is 0.0135. The van der Waals surface area contributed by atoms with E-state index in [0.717, 1.165) is 5.39 Å². The van der Waals surface area contributed by atoms with E-state index < -0.39 is 11.1 Å². The Morgan fingerprint density at radius 1 is 1.06 bits per heavy atom. The number of hydrogen-bond acceptors (Lipinski definition) is 5. The molecule has 0 saturated carbocycles. The highest BCUT2D eigenvalue weighted by Crippen LogP contribution is 2.43. The zero-order valence-electron chi connectivity index (χ0n) is 17.8. The molecule has 0 aliphatic rings. The summed E-state index contributed by atoms with van der Waals surface area (Å²) >= 11 is 0.689. The molecule has 33 heavy (non-hydrogen) atoms. The Morgan fingerprint density at radius 2 is 1.85 bits per heavy atom. The lowest BCUT2D eigenvalue weighted by Gasteiger charge is -2.07. The van der Waals surface area contributed by atoms with Crippen LogP contribution in [-0.4, -0.2) is 12.6 Å². The molecule has 0 N–H and O–H groups in total. The number of alkyl halides is 3. The number of esters is 1. The summed E-state index contributed by atoms with van der Waals surface area (Å²) in [5, 5.41) is 0.790. The molecule has 0 aliphatic heterocycles. The molecule has 8 heteroatoms. The van der Waals surface area contributed by atoms with Crippen LogP contribution in [0.25, 0.3) is 22.1 Å². The van der Waals surface area contributed by atoms with Gasteiger partial charge in [0, 0.05) is 22.2 Å². The molecule has 0 atom stereocenters. The molecular weight excluding hydrogens is 453 g/mol. The predicted octanol–water partition coefficient (Wildman–Crippen LogP) is 7.25. The van der Waals surface area contributed by atoms with Crippen LogP contribution in [0.5, 0.6) is 5.75 Å². The van der Waals surface area contributed by atoms with Gasteiger partial charge in [-0.15, -0.1) is 11.3 Å². The van der Waals surface area contributed by atoms with Crippen LogP contribution in [0.1, 0.15) is 28.9 Å². The molecule has 172 valence electrons. The Hall–Kier alpha value is -3.26. The molecule has 2 aromatic carbocycles. The van der Waals surface area contributed by atoms with Gasteiger partial charge in [0.15, 0.2) is 0 Å². The third-order valence-electron chi connectivity index (χ3n) is 4.93. The average Bonchev–Trinajstić information content (AvgIpc) is 3.41. The molecule has 0 saturated heterocycles. The number of thiophene rings is 1. The van der Waals surface area contributed by atoms with Crippen LogP contribution in [-0.2, 0) is 28.7 Å². The second-order valence-corrected chi connectivity index (χ2v) is 8.46. The van der Waals surface area contributed by atoms with Gasteiger partial charge in [-0.25, -0.2) is 0 Å². The minimum atomic E-state index is -4.44. The van der Waals surface area contributed by atoms with E-state index in [-0.39, 0.29) is 24.6 Å². The standard InChI is InChI=1S/C25H21F3O4S/c1-2-30-23(29)11-9-19-13-17-12-18(8-10-22(17)32-19)31-15-20-14-21(16-6-4-3-5-7-16)24(33-20)25(26,27)28/h3-8,10,12-14H,2,9,11,15H2,1H3. The first-order valence-corrected chi connectivity index (χ1v) is 11.2. The lowest BCUT2D eigenvalue weighted by atomic mass is 10.1. The Labute approximate surface area is 192 Å². The van der Waals surface area contributed by atoms with E-state index in [0.29, 0.717) is 51.9 Å². The molecule has 0 fully saturated rings. The highest BCUT2D eigenvalue weighted by molar-refractivity contribution is 7.12. The number of hydrogen-bond donors (Lipinski definition) is 0. The quantitative estimate of drug-likeness (QED) is 0.252. The van der Waals surface area contributed by atoms with Crippen molar-refractivity contribution in [1.29, 1.82) is 0 Å². The van der Waals surface area contributed by atoms with Crippen LogP contribution in [0.4, 0.5) is 13.2 Å². The van der Waals surface area contributed by atoms with Crippen LogP contribution >= 0.6 is 11.3 Å². The number of furan rings is 1. The molecule has 0 radical (unpaired) electrons. The zero-order valence-corrected chi connectivity index (χ0v) is 18.6. The smallest absolute Gasteiger partial charge is 0.426 e. The first kappa shape index (κ1) is 22.9. The van der Waals surface area contributed by atoms with Gasteiger partial charge in [0.25, 0.3) is 0 Å². The molecule has 0 amide bonds. The third kappa shape index (κ3) is 5.57. The monoisotopic (exact) mass is 474 g/mol. The Morgan fingerprint density at radius 3 is 2.58 bits per heavy atom. The van der Waals surface area contributed by atoms with Crippen molar-refractivity contribution in [3.63, 3.8) is 0 Å². The molecule has 0 unspecified atom stereocenters. The van der Waals surface area contributed by atoms with Crippen molar-refractivity contribution in [3.05, 3.63) is 76.2 Å². The maximum absolute atomic E-state index is 13.6. The van der Waals surface area contributed by atoms with Crippen LogP contribution < -0.4 is 4.74 Å². The summed E-state index contributed by atoms with van der Waals surface area (Å²) in [6.07, 6.45) is -3.80. The van der Waals surface area contributed by atoms with E-state index in [1.807, 2.05) is 6.07 Å². The summed E-state index contributed by atoms with van der Waals surface area (Å²) in [5.41, 5.74) is 1.31. The van der Waals surface area contributed by atoms with E-state index in [1.165, 1.54) is 6.07 Å². The predicted molar refractivity (Wildman–Crippen MR) is 120 cm³/mol. The van der Waals surface area contributed by atoms with Gasteiger partial charge >= 0.3 is 12.1 Å². The second kappa shape index (κ2) is 9.70. The van der Waals surface area contributed by atoms with Crippen molar-refractivity contribution >= 4 is 28.3 Å². The van der Waals surface area contributed by atoms with Crippen molar-refractivity contribution in [2.45, 2.75) is 32.5 Å². The topological polar surface area (TPSA) is 48.7 Å². The first-order valence-electron chi connectivity index (χ1n) is 10.4. The summed E-state index contributed by atoms with van der Waals surface area (Å²) in [4.78, 5) is 11.4. The summed E-state index contributed by atoms with van der Waals surface area (Å²) in [6, 6.07) is 17.1. The third-order valence-corrected chi connectivity index (χ3v) is 6.08. The van der Waals surface area contributed by atoms with Gasteiger partial charge in [-0.3, -0.25) is 4.79 Å². The molecule has 2 aromatic heterocycles. The van der Waals surface area contributed by atoms with Crippen LogP contribution in [0.2, 0.25) is 0 Å². The number of aryl methyl sites for hydroxylation is 1. The maximum atomic E-state index is 13.6. The first-order chi connectivity index (χ1) is 15.8. The number of halogens is 3. The van der Waals surface area contributed by atoms with E-state index in [2.05, 4.69) is 0 Å². The molecular formula is C25H21F3O4S. The molecule has 0 aliphatic carbocycles. The van der Waals surface area contributed by atoms with Crippen molar-refractivity contribution in [1.82, 2.24) is 0 Å². The minimum Gasteiger partial charge on any atom is -0.488 e. The van der Waals surface area contributed by atoms with Crippen molar-refractivity contribution in [2.24, 2.45) is 0 Å². The van der Waals surface area contributed by atoms with E-state index in [4.69, 9.17) is 13.9 Å². The van der Waals surface area contributed by atoms with Crippen molar-refractivity contribution in [2.75, 3.05) is 6.61 Å². The second-order valence-electron chi connectivity index (χ2n) is 7.33. The van der Waals surface area contributed by atoms with Gasteiger partial charge in [-0.2, -0.15) is 13.2 Å². The fraction of sp³-hybridized carbons (Fsp3) is 0.240. The van der Waals surface area contributed by atoms with Gasteiger partial charge in [-0.1, -0.05) is 30.3 Å². The number of rotatable bonds is 8. The van der Waals surface area contributed by atoms with Crippen molar-refractivity contribution in [3.8, 4) is 16.9 Å². The van der Waals surface area contributed by atoms with Crippen molar-refractivity contribution < 1.29 is 31.9 Å². The maximum Gasteiger partial charge on any atom is 0.426 e. The summed E-state index contributed by atoms with van der Waals surface area (Å²) in [5.74, 6) is 0.880. The molecule has 4 aromatic rings. The highest BCUT2D eigenvalue weighted by atomic mass is 32.1. The highest BCUT2D eigenvalue weighted by Gasteiger charge is 2.36. The Balaban J connectivity index is 1.48. The molecule has 4 nitrogen and oxygen atoms in total. The zero-order chi connectivity index (χ0) is 23.4. The van der Waals surface area contributed by atoms with Crippen LogP contribution in [0, 0.1) is 0 Å². The van der Waals surface area contributed by atoms with E-state index in [1.54, 1.807) is 55.5 Å². The number of carbonyl (C=O) groups is 1. The summed E-state index contributed by atoms with van der Waals surface area (Å²) < 4.78 is 57.2. The SMILES string of the molecule is CCOC(=O)CCc1cc2cc(OCc3cc(-c4ccccc4)c(C(F)(F)F)s3)ccc2o1. The van der Waals surface area contributed by atoms with Gasteiger partial charge in [-0.05, 0) is 42.8 Å². The van der Waals surface area contributed by atoms with Crippen LogP contribution in [0.3, 0.4) is 0 Å². The van der Waals surface area contributed by atoms with Gasteiger partial charge in [0.05, 0.1) is 13.0 Å². The Bertz CT molecular complexity index is 1240. The van der Waals surface area contributed by atoms with Gasteiger partial charge < -0.3 is 13.9 Å². The normalized spacial score (nSPS) is 11.6. The molecule has 0 spiro atoms. The number of fused-ring (bicyclic) bond motifs is 1. The Kier molecular flexibility index (Phi) is 6.74. The summed E-state index contributed by atoms with van der Waals surface area (Å²) in [6.45, 7) is 2.10.